The Morgan fingerprint density at radius 1 is 1.39 bits per heavy atom. The maximum atomic E-state index is 12.9. The number of nitrogens with one attached hydrogen (secondary N) is 2. The second-order valence-corrected chi connectivity index (χ2v) is 4.01. The molecule has 0 radical (unpaired) electrons. The van der Waals surface area contributed by atoms with Crippen molar-refractivity contribution in [3.8, 4) is 0 Å². The van der Waals surface area contributed by atoms with E-state index in [2.05, 4.69) is 10.6 Å². The number of carbonyl (C=O) groups is 2. The van der Waals surface area contributed by atoms with Gasteiger partial charge in [0.25, 0.3) is 0 Å². The van der Waals surface area contributed by atoms with Gasteiger partial charge in [-0.25, -0.2) is 4.39 Å². The lowest BCUT2D eigenvalue weighted by molar-refractivity contribution is -0.134. The molecule has 1 heterocycles. The van der Waals surface area contributed by atoms with Gasteiger partial charge in [-0.15, -0.1) is 12.4 Å². The van der Waals surface area contributed by atoms with Crippen molar-refractivity contribution in [1.82, 2.24) is 10.6 Å². The van der Waals surface area contributed by atoms with Crippen molar-refractivity contribution in [2.24, 2.45) is 0 Å². The Labute approximate surface area is 110 Å². The van der Waals surface area contributed by atoms with Crippen molar-refractivity contribution < 1.29 is 14.0 Å². The number of imide groups is 1. The maximum absolute atomic E-state index is 12.9. The zero-order valence-electron chi connectivity index (χ0n) is 9.61. The first-order valence-electron chi connectivity index (χ1n) is 5.46. The fourth-order valence-electron chi connectivity index (χ4n) is 1.78. The van der Waals surface area contributed by atoms with E-state index in [0.29, 0.717) is 19.4 Å². The summed E-state index contributed by atoms with van der Waals surface area (Å²) in [6, 6.07) is 5.81. The number of rotatable bonds is 3. The molecule has 2 N–H and O–H groups in total. The van der Waals surface area contributed by atoms with E-state index in [0.717, 1.165) is 5.56 Å². The van der Waals surface area contributed by atoms with Crippen molar-refractivity contribution in [2.75, 3.05) is 0 Å². The summed E-state index contributed by atoms with van der Waals surface area (Å²) in [5.74, 6) is -0.843. The van der Waals surface area contributed by atoms with Gasteiger partial charge >= 0.3 is 0 Å². The van der Waals surface area contributed by atoms with Crippen LogP contribution >= 0.6 is 12.4 Å². The molecule has 0 aliphatic carbocycles. The third kappa shape index (κ3) is 3.78. The van der Waals surface area contributed by atoms with Gasteiger partial charge in [-0.2, -0.15) is 0 Å². The molecule has 1 aliphatic heterocycles. The number of halogens is 2. The molecule has 1 fully saturated rings. The highest BCUT2D eigenvalue weighted by atomic mass is 35.5. The van der Waals surface area contributed by atoms with E-state index >= 15 is 0 Å². The number of hydrogen-bond acceptors (Lipinski definition) is 3. The van der Waals surface area contributed by atoms with E-state index in [1.165, 1.54) is 12.1 Å². The Balaban J connectivity index is 0.00000162. The highest BCUT2D eigenvalue weighted by Gasteiger charge is 2.25. The van der Waals surface area contributed by atoms with Gasteiger partial charge in [0.2, 0.25) is 11.8 Å². The summed E-state index contributed by atoms with van der Waals surface area (Å²) in [5.41, 5.74) is 0.773. The zero-order chi connectivity index (χ0) is 12.3. The number of benzene rings is 1. The predicted octanol–water partition coefficient (Wildman–Crippen LogP) is 1.14. The molecule has 1 aliphatic rings. The molecule has 6 heteroatoms. The smallest absolute Gasteiger partial charge is 0.243 e. The van der Waals surface area contributed by atoms with Crippen LogP contribution < -0.4 is 10.6 Å². The Kier molecular flexibility index (Phi) is 5.25. The van der Waals surface area contributed by atoms with Crippen molar-refractivity contribution in [1.29, 1.82) is 0 Å². The van der Waals surface area contributed by atoms with Crippen LogP contribution in [0.1, 0.15) is 18.4 Å². The topological polar surface area (TPSA) is 58.2 Å². The molecule has 1 aromatic carbocycles. The molecular formula is C12H14ClFN2O2. The lowest BCUT2D eigenvalue weighted by Crippen LogP contribution is -2.50. The molecule has 1 aromatic rings. The summed E-state index contributed by atoms with van der Waals surface area (Å²) in [6.45, 7) is 0.407. The maximum Gasteiger partial charge on any atom is 0.243 e. The van der Waals surface area contributed by atoms with E-state index in [9.17, 15) is 14.0 Å². The third-order valence-corrected chi connectivity index (χ3v) is 2.68. The molecular weight excluding hydrogens is 259 g/mol. The highest BCUT2D eigenvalue weighted by Crippen LogP contribution is 2.07. The fourth-order valence-corrected chi connectivity index (χ4v) is 1.78. The van der Waals surface area contributed by atoms with E-state index in [4.69, 9.17) is 0 Å². The van der Waals surface area contributed by atoms with Gasteiger partial charge in [-0.05, 0) is 24.1 Å². The summed E-state index contributed by atoms with van der Waals surface area (Å²) < 4.78 is 12.9. The van der Waals surface area contributed by atoms with E-state index in [1.807, 2.05) is 0 Å². The van der Waals surface area contributed by atoms with Crippen LogP contribution in [0, 0.1) is 5.82 Å². The SMILES string of the molecule is Cl.O=C1CCC(NCc2cccc(F)c2)C(=O)N1. The van der Waals surface area contributed by atoms with E-state index in [-0.39, 0.29) is 36.1 Å². The second kappa shape index (κ2) is 6.47. The number of amides is 2. The molecule has 98 valence electrons. The molecule has 1 atom stereocenters. The first-order chi connectivity index (χ1) is 8.15. The third-order valence-electron chi connectivity index (χ3n) is 2.68. The minimum atomic E-state index is -0.379. The summed E-state index contributed by atoms with van der Waals surface area (Å²) in [6.07, 6.45) is 0.826. The lowest BCUT2D eigenvalue weighted by atomic mass is 10.1. The number of carbonyl (C=O) groups excluding carboxylic acids is 2. The monoisotopic (exact) mass is 272 g/mol. The number of hydrogen-bond donors (Lipinski definition) is 2. The van der Waals surface area contributed by atoms with Crippen molar-refractivity contribution >= 4 is 24.2 Å². The molecule has 0 aromatic heterocycles. The molecule has 4 nitrogen and oxygen atoms in total. The summed E-state index contributed by atoms with van der Waals surface area (Å²) in [7, 11) is 0. The van der Waals surface area contributed by atoms with Crippen LogP contribution in [-0.2, 0) is 16.1 Å². The number of piperidine rings is 1. The van der Waals surface area contributed by atoms with Crippen LogP contribution in [-0.4, -0.2) is 17.9 Å². The minimum Gasteiger partial charge on any atom is -0.302 e. The largest absolute Gasteiger partial charge is 0.302 e. The first kappa shape index (κ1) is 14.6. The van der Waals surface area contributed by atoms with Gasteiger partial charge in [0.1, 0.15) is 5.82 Å². The normalized spacial score (nSPS) is 19.1. The minimum absolute atomic E-state index is 0. The highest BCUT2D eigenvalue weighted by molar-refractivity contribution is 6.00. The quantitative estimate of drug-likeness (QED) is 0.812. The van der Waals surface area contributed by atoms with E-state index in [1.54, 1.807) is 12.1 Å². The average molecular weight is 273 g/mol. The van der Waals surface area contributed by atoms with Gasteiger partial charge in [0.15, 0.2) is 0 Å². The van der Waals surface area contributed by atoms with E-state index < -0.39 is 0 Å². The lowest BCUT2D eigenvalue weighted by Gasteiger charge is -2.21. The van der Waals surface area contributed by atoms with Crippen LogP contribution in [0.25, 0.3) is 0 Å². The summed E-state index contributed by atoms with van der Waals surface area (Å²) in [5, 5.41) is 5.27. The Morgan fingerprint density at radius 2 is 2.17 bits per heavy atom. The molecule has 0 saturated carbocycles. The Morgan fingerprint density at radius 3 is 2.83 bits per heavy atom. The molecule has 0 spiro atoms. The van der Waals surface area contributed by atoms with Gasteiger partial charge in [-0.1, -0.05) is 12.1 Å². The Bertz CT molecular complexity index is 453. The second-order valence-electron chi connectivity index (χ2n) is 4.01. The fraction of sp³-hybridized carbons (Fsp3) is 0.333. The van der Waals surface area contributed by atoms with Gasteiger partial charge in [0, 0.05) is 13.0 Å². The zero-order valence-corrected chi connectivity index (χ0v) is 10.4. The first-order valence-corrected chi connectivity index (χ1v) is 5.46. The van der Waals surface area contributed by atoms with Crippen LogP contribution in [0.2, 0.25) is 0 Å². The standard InChI is InChI=1S/C12H13FN2O2.ClH/c13-9-3-1-2-8(6-9)7-14-10-4-5-11(16)15-12(10)17;/h1-3,6,10,14H,4-5,7H2,(H,15,16,17);1H. The molecule has 2 rings (SSSR count). The summed E-state index contributed by atoms with van der Waals surface area (Å²) in [4.78, 5) is 22.4. The van der Waals surface area contributed by atoms with Gasteiger partial charge in [0.05, 0.1) is 6.04 Å². The van der Waals surface area contributed by atoms with Crippen molar-refractivity contribution in [3.05, 3.63) is 35.6 Å². The van der Waals surface area contributed by atoms with Gasteiger partial charge in [-0.3, -0.25) is 14.9 Å². The molecule has 0 bridgehead atoms. The summed E-state index contributed by atoms with van der Waals surface area (Å²) >= 11 is 0. The van der Waals surface area contributed by atoms with Crippen LogP contribution in [0.15, 0.2) is 24.3 Å². The molecule has 2 amide bonds. The van der Waals surface area contributed by atoms with Crippen LogP contribution in [0.5, 0.6) is 0 Å². The Hall–Kier alpha value is -1.46. The predicted molar refractivity (Wildman–Crippen MR) is 66.7 cm³/mol. The van der Waals surface area contributed by atoms with Crippen LogP contribution in [0.4, 0.5) is 4.39 Å². The average Bonchev–Trinajstić information content (AvgIpc) is 2.28. The molecule has 1 saturated heterocycles. The van der Waals surface area contributed by atoms with Gasteiger partial charge < -0.3 is 5.32 Å². The molecule has 1 unspecified atom stereocenters. The van der Waals surface area contributed by atoms with Crippen molar-refractivity contribution in [3.63, 3.8) is 0 Å². The molecule has 18 heavy (non-hydrogen) atoms. The van der Waals surface area contributed by atoms with Crippen molar-refractivity contribution in [2.45, 2.75) is 25.4 Å². The van der Waals surface area contributed by atoms with Crippen LogP contribution in [0.3, 0.4) is 0 Å².